The minimum absolute atomic E-state index is 0.00333. The van der Waals surface area contributed by atoms with Crippen molar-refractivity contribution in [1.82, 2.24) is 36.6 Å². The van der Waals surface area contributed by atoms with Crippen molar-refractivity contribution in [3.8, 4) is 0 Å². The third-order valence-corrected chi connectivity index (χ3v) is 16.0. The van der Waals surface area contributed by atoms with Crippen molar-refractivity contribution < 1.29 is 103 Å². The van der Waals surface area contributed by atoms with E-state index in [4.69, 9.17) is 42.6 Å². The van der Waals surface area contributed by atoms with E-state index >= 15 is 0 Å². The zero-order valence-corrected chi connectivity index (χ0v) is 52.3. The second kappa shape index (κ2) is 31.6. The van der Waals surface area contributed by atoms with Crippen molar-refractivity contribution in [2.24, 2.45) is 32.5 Å². The molecule has 3 aliphatic rings. The van der Waals surface area contributed by atoms with Crippen molar-refractivity contribution in [3.05, 3.63) is 25.3 Å². The van der Waals surface area contributed by atoms with Crippen LogP contribution < -0.4 is 36.6 Å². The molecule has 0 aromatic rings. The molecular weight excluding hydrogens is 1160 g/mol. The van der Waals surface area contributed by atoms with E-state index in [1.807, 2.05) is 48.5 Å². The predicted octanol–water partition coefficient (Wildman–Crippen LogP) is 7.16. The van der Waals surface area contributed by atoms with Gasteiger partial charge in [-0.2, -0.15) is 17.9 Å². The number of esters is 2. The number of hydrogen-bond acceptors (Lipinski definition) is 19. The van der Waals surface area contributed by atoms with Crippen LogP contribution in [0.15, 0.2) is 25.3 Å². The topological polar surface area (TPSA) is 338 Å². The Morgan fingerprint density at radius 3 is 1.22 bits per heavy atom. The fourth-order valence-electron chi connectivity index (χ4n) is 12.5. The maximum atomic E-state index is 13.7. The second-order valence-electron chi connectivity index (χ2n) is 26.5. The number of alkyl carbamates (subject to hydrolysis) is 6. The Balaban J connectivity index is 1.46. The number of nitrogens with one attached hydrogen (secondary N) is 7. The summed E-state index contributed by atoms with van der Waals surface area (Å²) in [4.78, 5) is 99.4. The highest BCUT2D eigenvalue weighted by molar-refractivity contribution is 7.90. The SMILES string of the molecule is C=CC(=O)OCCOC(=O)NCC1(C)CC(NC(=O)OCC(C)(COC(=O)NCC2(C)CC(NC(=O)OC(C)COCCOC(=O)NCC3(C)CC(NC(=O)OCCOC(=O)C=C)CC(C)(C)C3)CC(C)(C)C2)NS(=O)(=O)C(F)(F)F)CC(C)(C)C1. The Morgan fingerprint density at radius 1 is 0.512 bits per heavy atom. The number of hydrogen-bond donors (Lipinski definition) is 7. The van der Waals surface area contributed by atoms with Gasteiger partial charge in [0.15, 0.2) is 0 Å². The molecule has 30 heteroatoms. The zero-order valence-electron chi connectivity index (χ0n) is 51.5. The van der Waals surface area contributed by atoms with Gasteiger partial charge in [-0.25, -0.2) is 46.8 Å². The molecule has 0 aromatic heterocycles. The van der Waals surface area contributed by atoms with E-state index in [2.05, 4.69) is 58.9 Å². The van der Waals surface area contributed by atoms with Gasteiger partial charge in [-0.15, -0.1) is 0 Å². The molecule has 0 heterocycles. The third-order valence-electron chi connectivity index (χ3n) is 14.6. The van der Waals surface area contributed by atoms with E-state index in [1.165, 1.54) is 4.72 Å². The van der Waals surface area contributed by atoms with E-state index in [0.29, 0.717) is 51.4 Å². The zero-order chi connectivity index (χ0) is 65.0. The number of carbonyl (C=O) groups excluding carboxylic acids is 8. The molecule has 3 rings (SSSR count). The first-order chi connectivity index (χ1) is 39.6. The molecule has 6 amide bonds. The molecule has 3 fully saturated rings. The normalized spacial score (nSPS) is 25.1. The molecule has 492 valence electrons. The number of carbonyl (C=O) groups is 8. The van der Waals surface area contributed by atoms with Crippen molar-refractivity contribution in [3.63, 3.8) is 0 Å². The van der Waals surface area contributed by atoms with Crippen LogP contribution in [0.2, 0.25) is 0 Å². The van der Waals surface area contributed by atoms with E-state index < -0.39 is 123 Å². The average molecular weight is 1260 g/mol. The van der Waals surface area contributed by atoms with Crippen LogP contribution in [-0.2, 0) is 62.2 Å². The number of sulfonamides is 1. The van der Waals surface area contributed by atoms with Crippen LogP contribution in [0.4, 0.5) is 41.9 Å². The highest BCUT2D eigenvalue weighted by Crippen LogP contribution is 2.48. The highest BCUT2D eigenvalue weighted by Gasteiger charge is 2.51. The Labute approximate surface area is 502 Å². The fraction of sp³-hybridized carbons (Fsp3) is 0.786. The first kappa shape index (κ1) is 74.0. The molecule has 7 N–H and O–H groups in total. The summed E-state index contributed by atoms with van der Waals surface area (Å²) >= 11 is 0. The lowest BCUT2D eigenvalue weighted by molar-refractivity contribution is -0.139. The van der Waals surface area contributed by atoms with Crippen LogP contribution in [0, 0.1) is 32.5 Å². The Kier molecular flexibility index (Phi) is 27.1. The summed E-state index contributed by atoms with van der Waals surface area (Å²) in [5, 5.41) is 16.5. The number of halogens is 3. The number of rotatable bonds is 29. The second-order valence-corrected chi connectivity index (χ2v) is 28.1. The molecule has 86 heavy (non-hydrogen) atoms. The summed E-state index contributed by atoms with van der Waals surface area (Å²) in [6.45, 7) is 24.4. The van der Waals surface area contributed by atoms with Crippen LogP contribution in [0.25, 0.3) is 0 Å². The van der Waals surface area contributed by atoms with Crippen LogP contribution >= 0.6 is 0 Å². The number of alkyl halides is 3. The summed E-state index contributed by atoms with van der Waals surface area (Å²) in [6.07, 6.45) is 0.970. The van der Waals surface area contributed by atoms with E-state index in [9.17, 15) is 59.9 Å². The standard InChI is InChI=1S/C56H92F3N7O19S/c1-14-41(67)78-18-20-81-44(70)61-33-53(11)26-39(23-50(6,7)30-53)64-47(73)84-36-55(13,66-86(75,76)56(57,58)59)35-83-45(71)62-34-54(12)27-40(24-51(8,9)31-54)65-48(74)85-37(3)28-77-16-17-80-43(69)60-32-52(10)25-38(22-49(4,5)29-52)63-46(72)82-21-19-79-42(68)15-2/h14-15,37-40,66H,1-2,16-36H2,3-13H3,(H,60,69)(H,61,70)(H,62,71)(H,63,72)(H,64,73)(H,65,74). The van der Waals surface area contributed by atoms with Gasteiger partial charge in [-0.3, -0.25) is 0 Å². The van der Waals surface area contributed by atoms with Gasteiger partial charge >= 0.3 is 64.0 Å². The minimum atomic E-state index is -6.07. The Hall–Kier alpha value is -6.30. The lowest BCUT2D eigenvalue weighted by atomic mass is 9.62. The van der Waals surface area contributed by atoms with Gasteiger partial charge < -0.3 is 74.5 Å². The van der Waals surface area contributed by atoms with Gasteiger partial charge in [-0.05, 0) is 104 Å². The minimum Gasteiger partial charge on any atom is -0.459 e. The molecule has 3 saturated carbocycles. The van der Waals surface area contributed by atoms with Crippen molar-refractivity contribution in [1.29, 1.82) is 0 Å². The maximum Gasteiger partial charge on any atom is 0.511 e. The smallest absolute Gasteiger partial charge is 0.459 e. The molecular formula is C56H92F3N7O19S. The molecule has 8 unspecified atom stereocenters. The summed E-state index contributed by atoms with van der Waals surface area (Å²) < 4.78 is 114. The molecule has 0 bridgehead atoms. The largest absolute Gasteiger partial charge is 0.511 e. The van der Waals surface area contributed by atoms with Gasteiger partial charge in [0.25, 0.3) is 0 Å². The summed E-state index contributed by atoms with van der Waals surface area (Å²) in [7, 11) is -6.07. The number of amides is 6. The first-order valence-corrected chi connectivity index (χ1v) is 29.9. The molecule has 8 atom stereocenters. The molecule has 3 aliphatic carbocycles. The summed E-state index contributed by atoms with van der Waals surface area (Å²) in [6, 6.07) is -1.25. The van der Waals surface area contributed by atoms with Crippen LogP contribution in [0.5, 0.6) is 0 Å². The van der Waals surface area contributed by atoms with E-state index in [-0.39, 0.29) is 82.8 Å². The van der Waals surface area contributed by atoms with Gasteiger partial charge in [0.05, 0.1) is 18.8 Å². The van der Waals surface area contributed by atoms with Crippen LogP contribution in [0.1, 0.15) is 134 Å². The lowest BCUT2D eigenvalue weighted by Crippen LogP contribution is -2.57. The summed E-state index contributed by atoms with van der Waals surface area (Å²) in [5.41, 5.74) is -10.7. The van der Waals surface area contributed by atoms with E-state index in [0.717, 1.165) is 25.5 Å². The average Bonchev–Trinajstić information content (AvgIpc) is 1.15. The fourth-order valence-corrected chi connectivity index (χ4v) is 13.4. The Morgan fingerprint density at radius 2 is 0.837 bits per heavy atom. The van der Waals surface area contributed by atoms with Gasteiger partial charge in [-0.1, -0.05) is 75.5 Å². The molecule has 0 aromatic carbocycles. The maximum absolute atomic E-state index is 13.7. The van der Waals surface area contributed by atoms with Gasteiger partial charge in [0, 0.05) is 49.9 Å². The highest BCUT2D eigenvalue weighted by atomic mass is 32.2. The third kappa shape index (κ3) is 27.6. The van der Waals surface area contributed by atoms with Crippen LogP contribution in [-0.4, -0.2) is 171 Å². The molecule has 0 spiro atoms. The van der Waals surface area contributed by atoms with Gasteiger partial charge in [0.1, 0.15) is 52.4 Å². The van der Waals surface area contributed by atoms with Gasteiger partial charge in [0.2, 0.25) is 0 Å². The number of ether oxygens (including phenoxy) is 9. The monoisotopic (exact) mass is 1260 g/mol. The van der Waals surface area contributed by atoms with Crippen molar-refractivity contribution in [2.75, 3.05) is 79.1 Å². The molecule has 0 saturated heterocycles. The van der Waals surface area contributed by atoms with Crippen molar-refractivity contribution in [2.45, 2.75) is 169 Å². The summed E-state index contributed by atoms with van der Waals surface area (Å²) in [5.74, 6) is -1.31. The molecule has 0 radical (unpaired) electrons. The quantitative estimate of drug-likeness (QED) is 0.0169. The lowest BCUT2D eigenvalue weighted by Gasteiger charge is -2.46. The van der Waals surface area contributed by atoms with Crippen molar-refractivity contribution >= 4 is 58.5 Å². The first-order valence-electron chi connectivity index (χ1n) is 28.4. The molecule has 0 aliphatic heterocycles. The van der Waals surface area contributed by atoms with Crippen LogP contribution in [0.3, 0.4) is 0 Å². The Bertz CT molecular complexity index is 2490. The molecule has 26 nitrogen and oxygen atoms in total. The predicted molar refractivity (Wildman–Crippen MR) is 304 cm³/mol. The van der Waals surface area contributed by atoms with E-state index in [1.54, 1.807) is 6.92 Å².